The number of nitrogens with zero attached hydrogens (tertiary/aromatic N) is 1. The third-order valence-corrected chi connectivity index (χ3v) is 5.10. The van der Waals surface area contributed by atoms with Gasteiger partial charge in [-0.2, -0.15) is 0 Å². The molecule has 0 aromatic heterocycles. The van der Waals surface area contributed by atoms with Crippen LogP contribution in [-0.4, -0.2) is 11.9 Å². The van der Waals surface area contributed by atoms with Crippen LogP contribution in [0, 0.1) is 0 Å². The molecule has 0 bridgehead atoms. The zero-order valence-corrected chi connectivity index (χ0v) is 14.2. The molecule has 0 radical (unpaired) electrons. The Morgan fingerprint density at radius 3 is 2.58 bits per heavy atom. The van der Waals surface area contributed by atoms with Gasteiger partial charge in [0.15, 0.2) is 0 Å². The van der Waals surface area contributed by atoms with Crippen LogP contribution in [-0.2, 0) is 12.8 Å². The van der Waals surface area contributed by atoms with Crippen molar-refractivity contribution in [3.8, 4) is 0 Å². The molecular weight excluding hydrogens is 290 g/mol. The van der Waals surface area contributed by atoms with Crippen molar-refractivity contribution in [2.75, 3.05) is 7.05 Å². The molecule has 0 amide bonds. The Morgan fingerprint density at radius 1 is 0.958 bits per heavy atom. The summed E-state index contributed by atoms with van der Waals surface area (Å²) in [7, 11) is 2.21. The summed E-state index contributed by atoms with van der Waals surface area (Å²) in [5, 5.41) is 2.84. The molecule has 1 heteroatoms. The summed E-state index contributed by atoms with van der Waals surface area (Å²) < 4.78 is 0. The largest absolute Gasteiger partial charge is 0.374 e. The highest BCUT2D eigenvalue weighted by Crippen LogP contribution is 2.38. The van der Waals surface area contributed by atoms with Gasteiger partial charge in [0.05, 0.1) is 6.04 Å². The number of aryl methyl sites for hydroxylation is 1. The highest BCUT2D eigenvalue weighted by molar-refractivity contribution is 5.90. The molecule has 3 aromatic carbocycles. The molecule has 0 saturated carbocycles. The molecule has 1 atom stereocenters. The van der Waals surface area contributed by atoms with Gasteiger partial charge in [0.2, 0.25) is 0 Å². The maximum Gasteiger partial charge on any atom is 0.0542 e. The van der Waals surface area contributed by atoms with Crippen molar-refractivity contribution in [2.24, 2.45) is 0 Å². The van der Waals surface area contributed by atoms with Gasteiger partial charge in [-0.3, -0.25) is 0 Å². The van der Waals surface area contributed by atoms with Gasteiger partial charge in [-0.15, -0.1) is 0 Å². The fourth-order valence-corrected chi connectivity index (χ4v) is 3.88. The van der Waals surface area contributed by atoms with Gasteiger partial charge in [-0.05, 0) is 52.9 Å². The van der Waals surface area contributed by atoms with E-state index in [0.717, 1.165) is 12.8 Å². The highest BCUT2D eigenvalue weighted by Gasteiger charge is 2.23. The molecule has 0 aliphatic heterocycles. The highest BCUT2D eigenvalue weighted by atomic mass is 15.1. The first-order valence-corrected chi connectivity index (χ1v) is 8.76. The fourth-order valence-electron chi connectivity index (χ4n) is 3.88. The third kappa shape index (κ3) is 2.82. The monoisotopic (exact) mass is 313 g/mol. The summed E-state index contributed by atoms with van der Waals surface area (Å²) in [5.41, 5.74) is 4.33. The van der Waals surface area contributed by atoms with E-state index in [1.165, 1.54) is 33.9 Å². The molecule has 0 fully saturated rings. The molecule has 120 valence electrons. The number of rotatable bonds is 4. The lowest BCUT2D eigenvalue weighted by Crippen LogP contribution is -2.22. The van der Waals surface area contributed by atoms with Crippen LogP contribution >= 0.6 is 0 Å². The van der Waals surface area contributed by atoms with E-state index >= 15 is 0 Å². The Bertz CT molecular complexity index is 858. The minimum atomic E-state index is 0.468. The van der Waals surface area contributed by atoms with E-state index in [2.05, 4.69) is 91.0 Å². The second kappa shape index (κ2) is 6.52. The summed E-state index contributed by atoms with van der Waals surface area (Å²) in [6.45, 7) is 0. The Labute approximate surface area is 144 Å². The van der Waals surface area contributed by atoms with E-state index in [1.54, 1.807) is 0 Å². The molecule has 0 saturated heterocycles. The van der Waals surface area contributed by atoms with Crippen molar-refractivity contribution < 1.29 is 0 Å². The van der Waals surface area contributed by atoms with Crippen molar-refractivity contribution in [1.29, 1.82) is 0 Å². The van der Waals surface area contributed by atoms with Crippen LogP contribution in [0.15, 0.2) is 79.0 Å². The van der Waals surface area contributed by atoms with E-state index in [1.807, 2.05) is 0 Å². The topological polar surface area (TPSA) is 3.24 Å². The molecule has 0 spiro atoms. The predicted molar refractivity (Wildman–Crippen MR) is 102 cm³/mol. The number of benzene rings is 3. The van der Waals surface area contributed by atoms with Crippen LogP contribution in [0.1, 0.15) is 29.2 Å². The molecule has 1 aliphatic carbocycles. The zero-order valence-electron chi connectivity index (χ0n) is 14.2. The van der Waals surface area contributed by atoms with Crippen LogP contribution in [0.4, 0.5) is 0 Å². The van der Waals surface area contributed by atoms with Crippen LogP contribution in [0.25, 0.3) is 10.8 Å². The molecule has 3 aromatic rings. The fraction of sp³-hybridized carbons (Fsp3) is 0.217. The average Bonchev–Trinajstić information content (AvgIpc) is 2.63. The Morgan fingerprint density at radius 2 is 1.75 bits per heavy atom. The SMILES string of the molecule is CN(/C=C/Cc1ccccc1)C1CCc2cccc3cccc1c23. The molecule has 1 aliphatic rings. The summed E-state index contributed by atoms with van der Waals surface area (Å²) >= 11 is 0. The van der Waals surface area contributed by atoms with E-state index in [9.17, 15) is 0 Å². The minimum Gasteiger partial charge on any atom is -0.374 e. The molecule has 4 rings (SSSR count). The normalized spacial score (nSPS) is 16.6. The van der Waals surface area contributed by atoms with Gasteiger partial charge < -0.3 is 4.90 Å². The van der Waals surface area contributed by atoms with Gasteiger partial charge in [0.25, 0.3) is 0 Å². The van der Waals surface area contributed by atoms with Crippen LogP contribution in [0.5, 0.6) is 0 Å². The van der Waals surface area contributed by atoms with E-state index < -0.39 is 0 Å². The lowest BCUT2D eigenvalue weighted by Gasteiger charge is -2.32. The van der Waals surface area contributed by atoms with Crippen molar-refractivity contribution in [2.45, 2.75) is 25.3 Å². The second-order valence-electron chi connectivity index (χ2n) is 6.66. The van der Waals surface area contributed by atoms with Gasteiger partial charge in [0.1, 0.15) is 0 Å². The molecule has 1 nitrogen and oxygen atoms in total. The Kier molecular flexibility index (Phi) is 4.08. The van der Waals surface area contributed by atoms with E-state index in [4.69, 9.17) is 0 Å². The first kappa shape index (κ1) is 15.0. The summed E-state index contributed by atoms with van der Waals surface area (Å²) in [4.78, 5) is 2.38. The molecular formula is C23H23N. The van der Waals surface area contributed by atoms with E-state index in [-0.39, 0.29) is 0 Å². The molecule has 0 heterocycles. The second-order valence-corrected chi connectivity index (χ2v) is 6.66. The average molecular weight is 313 g/mol. The number of hydrogen-bond acceptors (Lipinski definition) is 1. The van der Waals surface area contributed by atoms with Crippen LogP contribution in [0.2, 0.25) is 0 Å². The van der Waals surface area contributed by atoms with Gasteiger partial charge >= 0.3 is 0 Å². The quantitative estimate of drug-likeness (QED) is 0.613. The van der Waals surface area contributed by atoms with Crippen molar-refractivity contribution in [3.63, 3.8) is 0 Å². The van der Waals surface area contributed by atoms with Gasteiger partial charge in [-0.25, -0.2) is 0 Å². The maximum absolute atomic E-state index is 2.38. The van der Waals surface area contributed by atoms with Crippen LogP contribution in [0.3, 0.4) is 0 Å². The first-order valence-electron chi connectivity index (χ1n) is 8.76. The first-order chi connectivity index (χ1) is 11.8. The smallest absolute Gasteiger partial charge is 0.0542 e. The summed E-state index contributed by atoms with van der Waals surface area (Å²) in [6, 6.07) is 24.5. The van der Waals surface area contributed by atoms with Crippen LogP contribution < -0.4 is 0 Å². The number of allylic oxidation sites excluding steroid dienone is 1. The Balaban J connectivity index is 1.57. The van der Waals surface area contributed by atoms with Gasteiger partial charge in [-0.1, -0.05) is 72.8 Å². The van der Waals surface area contributed by atoms with Crippen molar-refractivity contribution in [3.05, 3.63) is 95.7 Å². The Hall–Kier alpha value is -2.54. The molecule has 0 N–H and O–H groups in total. The lowest BCUT2D eigenvalue weighted by atomic mass is 9.85. The zero-order chi connectivity index (χ0) is 16.4. The standard InChI is InChI=1S/C23H23N/c1-24(17-7-10-18-8-3-2-4-9-18)22-16-15-20-12-5-11-19-13-6-14-21(22)23(19)20/h2-9,11-14,17,22H,10,15-16H2,1H3/b17-7+. The summed E-state index contributed by atoms with van der Waals surface area (Å²) in [6.07, 6.45) is 7.86. The minimum absolute atomic E-state index is 0.468. The molecule has 1 unspecified atom stereocenters. The predicted octanol–water partition coefficient (Wildman–Crippen LogP) is 5.52. The third-order valence-electron chi connectivity index (χ3n) is 5.10. The van der Waals surface area contributed by atoms with E-state index in [0.29, 0.717) is 6.04 Å². The molecule has 24 heavy (non-hydrogen) atoms. The van der Waals surface area contributed by atoms with Crippen molar-refractivity contribution >= 4 is 10.8 Å². The maximum atomic E-state index is 2.38. The van der Waals surface area contributed by atoms with Crippen molar-refractivity contribution in [1.82, 2.24) is 4.90 Å². The van der Waals surface area contributed by atoms with Gasteiger partial charge in [0, 0.05) is 7.05 Å². The number of hydrogen-bond donors (Lipinski definition) is 0. The summed E-state index contributed by atoms with van der Waals surface area (Å²) in [5.74, 6) is 0. The lowest BCUT2D eigenvalue weighted by molar-refractivity contribution is 0.316.